The van der Waals surface area contributed by atoms with E-state index in [-0.39, 0.29) is 39.3 Å². The van der Waals surface area contributed by atoms with Gasteiger partial charge in [0.2, 0.25) is 11.8 Å². The second-order valence-corrected chi connectivity index (χ2v) is 15.8. The Morgan fingerprint density at radius 3 is 1.98 bits per heavy atom. The highest BCUT2D eigenvalue weighted by atomic mass is 16.5. The van der Waals surface area contributed by atoms with Gasteiger partial charge in [0.05, 0.1) is 38.6 Å². The Bertz CT molecular complexity index is 1750. The molecule has 0 aliphatic rings. The molecule has 0 bridgehead atoms. The number of rotatable bonds is 19. The van der Waals surface area contributed by atoms with Crippen LogP contribution >= 0.6 is 0 Å². The molecule has 15 heteroatoms. The maximum Gasteiger partial charge on any atom is 0.407 e. The molecule has 0 saturated heterocycles. The lowest BCUT2D eigenvalue weighted by molar-refractivity contribution is -0.151. The van der Waals surface area contributed by atoms with E-state index in [2.05, 4.69) is 26.4 Å². The van der Waals surface area contributed by atoms with E-state index in [0.717, 1.165) is 22.4 Å². The minimum Gasteiger partial charge on any atom is -0.459 e. The molecule has 310 valence electrons. The van der Waals surface area contributed by atoms with E-state index < -0.39 is 64.8 Å². The number of benzene rings is 2. The molecule has 0 fully saturated rings. The van der Waals surface area contributed by atoms with Crippen LogP contribution in [0.1, 0.15) is 59.6 Å². The van der Waals surface area contributed by atoms with Crippen molar-refractivity contribution in [3.63, 3.8) is 0 Å². The van der Waals surface area contributed by atoms with E-state index >= 15 is 0 Å². The average Bonchev–Trinajstić information content (AvgIpc) is 3.15. The van der Waals surface area contributed by atoms with Gasteiger partial charge in [-0.3, -0.25) is 29.6 Å². The molecule has 0 aliphatic carbocycles. The molecule has 1 aromatic heterocycles. The number of esters is 1. The summed E-state index contributed by atoms with van der Waals surface area (Å²) in [5, 5.41) is 19.1. The van der Waals surface area contributed by atoms with Crippen LogP contribution in [-0.4, -0.2) is 103 Å². The predicted octanol–water partition coefficient (Wildman–Crippen LogP) is 3.55. The Kier molecular flexibility index (Phi) is 17.6. The fourth-order valence-corrected chi connectivity index (χ4v) is 5.95. The first kappa shape index (κ1) is 46.0. The zero-order valence-corrected chi connectivity index (χ0v) is 34.2. The Labute approximate surface area is 335 Å². The highest BCUT2D eigenvalue weighted by Crippen LogP contribution is 2.23. The monoisotopic (exact) mass is 790 g/mol. The number of aromatic nitrogens is 1. The standard InChI is InChI=1S/C42H58N6O9/c1-28(50)57-34(33(24-29-14-10-9-11-15-29)44-38(52)36(41(2,3)4)45-35(51)27-56-23-22-49)26-48(47-39(53)37(42(5,6)7)46-40(54)55-8)25-30-17-19-31(20-18-30)32-16-12-13-21-43-32/h9-21,33-34,36-37,49H,22-27H2,1-8H3,(H,44,52)(H,45,51)(H,46,54)(H,47,53)/t33-,34-,36+,37+/m0/s1. The fourth-order valence-electron chi connectivity index (χ4n) is 5.95. The first-order valence-corrected chi connectivity index (χ1v) is 18.8. The maximum absolute atomic E-state index is 14.2. The number of carbonyl (C=O) groups is 5. The van der Waals surface area contributed by atoms with Crippen molar-refractivity contribution in [3.05, 3.63) is 90.1 Å². The molecule has 3 rings (SSSR count). The van der Waals surface area contributed by atoms with Crippen LogP contribution in [-0.2, 0) is 46.4 Å². The number of hydrogen-bond acceptors (Lipinski definition) is 11. The normalized spacial score (nSPS) is 13.7. The number of nitrogens with one attached hydrogen (secondary N) is 4. The van der Waals surface area contributed by atoms with Gasteiger partial charge in [-0.1, -0.05) is 102 Å². The number of nitrogens with zero attached hydrogens (tertiary/aromatic N) is 2. The van der Waals surface area contributed by atoms with E-state index in [1.54, 1.807) is 52.7 Å². The zero-order valence-electron chi connectivity index (χ0n) is 34.2. The quantitative estimate of drug-likeness (QED) is 0.0677. The molecule has 0 unspecified atom stereocenters. The molecule has 0 aliphatic heterocycles. The number of hydrogen-bond donors (Lipinski definition) is 5. The Morgan fingerprint density at radius 1 is 0.789 bits per heavy atom. The lowest BCUT2D eigenvalue weighted by Gasteiger charge is -2.37. The van der Waals surface area contributed by atoms with Crippen molar-refractivity contribution in [2.75, 3.05) is 33.5 Å². The second kappa shape index (κ2) is 21.8. The maximum atomic E-state index is 14.2. The van der Waals surface area contributed by atoms with Crippen LogP contribution in [0.25, 0.3) is 11.3 Å². The molecule has 3 aromatic rings. The van der Waals surface area contributed by atoms with Crippen molar-refractivity contribution in [2.45, 2.75) is 85.7 Å². The number of ether oxygens (including phenoxy) is 3. The number of carbonyl (C=O) groups excluding carboxylic acids is 5. The molecule has 4 atom stereocenters. The molecule has 57 heavy (non-hydrogen) atoms. The lowest BCUT2D eigenvalue weighted by Crippen LogP contribution is -2.61. The van der Waals surface area contributed by atoms with Gasteiger partial charge >= 0.3 is 12.1 Å². The van der Waals surface area contributed by atoms with Crippen LogP contribution < -0.4 is 21.4 Å². The number of alkyl carbamates (subject to hydrolysis) is 1. The van der Waals surface area contributed by atoms with Crippen LogP contribution in [0.2, 0.25) is 0 Å². The van der Waals surface area contributed by atoms with Crippen molar-refractivity contribution in [1.29, 1.82) is 0 Å². The smallest absolute Gasteiger partial charge is 0.407 e. The minimum absolute atomic E-state index is 0.0420. The Morgan fingerprint density at radius 2 is 1.42 bits per heavy atom. The van der Waals surface area contributed by atoms with Crippen LogP contribution in [0.15, 0.2) is 79.0 Å². The molecular weight excluding hydrogens is 732 g/mol. The summed E-state index contributed by atoms with van der Waals surface area (Å²) in [5.74, 6) is -2.26. The van der Waals surface area contributed by atoms with Crippen LogP contribution in [0.4, 0.5) is 4.79 Å². The Hall–Kier alpha value is -5.38. The van der Waals surface area contributed by atoms with Gasteiger partial charge < -0.3 is 35.3 Å². The van der Waals surface area contributed by atoms with Crippen LogP contribution in [0, 0.1) is 10.8 Å². The van der Waals surface area contributed by atoms with Crippen LogP contribution in [0.5, 0.6) is 0 Å². The summed E-state index contributed by atoms with van der Waals surface area (Å²) >= 11 is 0. The highest BCUT2D eigenvalue weighted by molar-refractivity contribution is 5.89. The fraction of sp³-hybridized carbons (Fsp3) is 0.476. The summed E-state index contributed by atoms with van der Waals surface area (Å²) < 4.78 is 15.9. The van der Waals surface area contributed by atoms with Gasteiger partial charge in [-0.15, -0.1) is 0 Å². The molecule has 4 amide bonds. The van der Waals surface area contributed by atoms with Gasteiger partial charge in [0.25, 0.3) is 5.91 Å². The number of amides is 4. The summed E-state index contributed by atoms with van der Waals surface area (Å²) in [4.78, 5) is 70.6. The topological polar surface area (TPSA) is 198 Å². The Balaban J connectivity index is 2.05. The molecule has 15 nitrogen and oxygen atoms in total. The first-order valence-electron chi connectivity index (χ1n) is 18.8. The van der Waals surface area contributed by atoms with Gasteiger partial charge in [-0.05, 0) is 40.5 Å². The van der Waals surface area contributed by atoms with Gasteiger partial charge in [-0.2, -0.15) is 0 Å². The zero-order chi connectivity index (χ0) is 42.2. The lowest BCUT2D eigenvalue weighted by atomic mass is 9.85. The third-order valence-corrected chi connectivity index (χ3v) is 8.83. The van der Waals surface area contributed by atoms with E-state index in [4.69, 9.17) is 19.3 Å². The molecule has 5 N–H and O–H groups in total. The van der Waals surface area contributed by atoms with Crippen LogP contribution in [0.3, 0.4) is 0 Å². The number of pyridine rings is 1. The average molecular weight is 791 g/mol. The molecule has 0 radical (unpaired) electrons. The highest BCUT2D eigenvalue weighted by Gasteiger charge is 2.38. The van der Waals surface area contributed by atoms with E-state index in [1.807, 2.05) is 72.8 Å². The molecular formula is C42H58N6O9. The number of aliphatic hydroxyl groups excluding tert-OH is 1. The van der Waals surface area contributed by atoms with E-state index in [0.29, 0.717) is 0 Å². The molecule has 2 aromatic carbocycles. The number of aliphatic hydroxyl groups is 1. The van der Waals surface area contributed by atoms with Crippen molar-refractivity contribution in [1.82, 2.24) is 31.4 Å². The summed E-state index contributed by atoms with van der Waals surface area (Å²) in [6.45, 7) is 11.4. The van der Waals surface area contributed by atoms with E-state index in [1.165, 1.54) is 14.0 Å². The van der Waals surface area contributed by atoms with Crippen molar-refractivity contribution in [2.24, 2.45) is 10.8 Å². The molecule has 0 spiro atoms. The largest absolute Gasteiger partial charge is 0.459 e. The van der Waals surface area contributed by atoms with Gasteiger partial charge in [-0.25, -0.2) is 9.80 Å². The van der Waals surface area contributed by atoms with E-state index in [9.17, 15) is 24.0 Å². The summed E-state index contributed by atoms with van der Waals surface area (Å²) in [7, 11) is 1.21. The number of methoxy groups -OCH3 is 1. The SMILES string of the molecule is COC(=O)N[C@H](C(=O)NN(Cc1ccc(-c2ccccn2)cc1)C[C@H](OC(C)=O)[C@H](Cc1ccccc1)NC(=O)[C@@H](NC(=O)COCCO)C(C)(C)C)C(C)(C)C. The first-order chi connectivity index (χ1) is 26.9. The van der Waals surface area contributed by atoms with Gasteiger partial charge in [0.1, 0.15) is 24.8 Å². The summed E-state index contributed by atoms with van der Waals surface area (Å²) in [6, 6.07) is 19.6. The minimum atomic E-state index is -1.05. The van der Waals surface area contributed by atoms with Crippen molar-refractivity contribution in [3.8, 4) is 11.3 Å². The van der Waals surface area contributed by atoms with Gasteiger partial charge in [0, 0.05) is 25.2 Å². The second-order valence-electron chi connectivity index (χ2n) is 15.8. The summed E-state index contributed by atoms with van der Waals surface area (Å²) in [5.41, 5.74) is 4.71. The molecule has 1 heterocycles. The number of hydrazine groups is 1. The third kappa shape index (κ3) is 15.6. The third-order valence-electron chi connectivity index (χ3n) is 8.83. The van der Waals surface area contributed by atoms with Crippen molar-refractivity contribution < 1.29 is 43.3 Å². The van der Waals surface area contributed by atoms with Gasteiger partial charge in [0.15, 0.2) is 0 Å². The summed E-state index contributed by atoms with van der Waals surface area (Å²) in [6.07, 6.45) is 0.0835. The molecule has 0 saturated carbocycles. The predicted molar refractivity (Wildman–Crippen MR) is 214 cm³/mol. The van der Waals surface area contributed by atoms with Crippen molar-refractivity contribution >= 4 is 29.8 Å².